The van der Waals surface area contributed by atoms with Gasteiger partial charge in [-0.1, -0.05) is 0 Å². The second kappa shape index (κ2) is 12.3. The van der Waals surface area contributed by atoms with Crippen LogP contribution in [0.2, 0.25) is 0 Å². The molecule has 0 aromatic carbocycles. The van der Waals surface area contributed by atoms with Crippen LogP contribution in [0, 0.1) is 0 Å². The molecule has 23 heavy (non-hydrogen) atoms. The Morgan fingerprint density at radius 3 is 2.39 bits per heavy atom. The Morgan fingerprint density at radius 2 is 1.87 bits per heavy atom. The van der Waals surface area contributed by atoms with E-state index in [1.807, 2.05) is 7.05 Å². The van der Waals surface area contributed by atoms with Crippen LogP contribution in [-0.4, -0.2) is 75.9 Å². The molecule has 1 saturated heterocycles. The average Bonchev–Trinajstić information content (AvgIpc) is 2.48. The molecule has 0 saturated carbocycles. The molecule has 0 aliphatic carbocycles. The molecule has 0 aromatic rings. The van der Waals surface area contributed by atoms with Gasteiger partial charge in [-0.2, -0.15) is 0 Å². The van der Waals surface area contributed by atoms with Crippen LogP contribution in [-0.2, 0) is 4.74 Å². The number of aliphatic imine (C=N–C) groups is 1. The monoisotopic (exact) mass is 441 g/mol. The van der Waals surface area contributed by atoms with Crippen LogP contribution in [0.4, 0.5) is 0 Å². The van der Waals surface area contributed by atoms with Crippen molar-refractivity contribution in [1.29, 1.82) is 0 Å². The first-order valence-corrected chi connectivity index (χ1v) is 8.38. The number of halogens is 1. The minimum Gasteiger partial charge on any atom is -0.383 e. The smallest absolute Gasteiger partial charge is 0.191 e. The highest BCUT2D eigenvalue weighted by Gasteiger charge is 2.19. The summed E-state index contributed by atoms with van der Waals surface area (Å²) < 4.78 is 5.14. The van der Waals surface area contributed by atoms with E-state index in [1.165, 1.54) is 0 Å². The molecule has 1 fully saturated rings. The first kappa shape index (κ1) is 22.9. The van der Waals surface area contributed by atoms with Crippen molar-refractivity contribution in [3.63, 3.8) is 0 Å². The number of methoxy groups -OCH3 is 1. The van der Waals surface area contributed by atoms with Crippen molar-refractivity contribution in [2.24, 2.45) is 4.99 Å². The van der Waals surface area contributed by atoms with Gasteiger partial charge in [0.25, 0.3) is 0 Å². The number of rotatable bonds is 7. The molecule has 0 aromatic heterocycles. The Labute approximate surface area is 159 Å². The number of nitrogens with one attached hydrogen (secondary N) is 3. The van der Waals surface area contributed by atoms with Crippen molar-refractivity contribution >= 4 is 29.9 Å². The van der Waals surface area contributed by atoms with Crippen molar-refractivity contribution in [3.05, 3.63) is 0 Å². The van der Waals surface area contributed by atoms with Gasteiger partial charge in [0, 0.05) is 58.5 Å². The van der Waals surface area contributed by atoms with Gasteiger partial charge in [-0.15, -0.1) is 24.0 Å². The van der Waals surface area contributed by atoms with Crippen molar-refractivity contribution in [3.8, 4) is 0 Å². The standard InChI is InChI=1S/C16H35N5O.HI/c1-16(2,3)19-9-8-18-15(17-4)20-14-6-10-21(11-7-14)12-13-22-5;/h14,19H,6-13H2,1-5H3,(H2,17,18,20);1H. The number of guanidine groups is 1. The van der Waals surface area contributed by atoms with Gasteiger partial charge in [0.05, 0.1) is 6.61 Å². The summed E-state index contributed by atoms with van der Waals surface area (Å²) in [5, 5.41) is 10.4. The zero-order chi connectivity index (χ0) is 16.4. The lowest BCUT2D eigenvalue weighted by molar-refractivity contribution is 0.128. The van der Waals surface area contributed by atoms with E-state index in [0.29, 0.717) is 6.04 Å². The van der Waals surface area contributed by atoms with Crippen LogP contribution < -0.4 is 16.0 Å². The molecule has 6 nitrogen and oxygen atoms in total. The molecule has 1 rings (SSSR count). The molecule has 0 unspecified atom stereocenters. The summed E-state index contributed by atoms with van der Waals surface area (Å²) >= 11 is 0. The maximum Gasteiger partial charge on any atom is 0.191 e. The summed E-state index contributed by atoms with van der Waals surface area (Å²) in [6.45, 7) is 12.5. The molecule has 1 heterocycles. The number of nitrogens with zero attached hydrogens (tertiary/aromatic N) is 2. The first-order valence-electron chi connectivity index (χ1n) is 8.38. The number of ether oxygens (including phenoxy) is 1. The number of likely N-dealkylation sites (tertiary alicyclic amines) is 1. The van der Waals surface area contributed by atoms with Gasteiger partial charge in [0.2, 0.25) is 0 Å². The van der Waals surface area contributed by atoms with E-state index in [0.717, 1.165) is 58.1 Å². The molecule has 0 atom stereocenters. The molecule has 1 aliphatic rings. The minimum atomic E-state index is 0. The third-order valence-electron chi connectivity index (χ3n) is 3.84. The summed E-state index contributed by atoms with van der Waals surface area (Å²) in [4.78, 5) is 6.78. The first-order chi connectivity index (χ1) is 10.4. The molecule has 0 radical (unpaired) electrons. The van der Waals surface area contributed by atoms with Crippen LogP contribution in [0.3, 0.4) is 0 Å². The highest BCUT2D eigenvalue weighted by atomic mass is 127. The fraction of sp³-hybridized carbons (Fsp3) is 0.938. The maximum absolute atomic E-state index is 5.14. The summed E-state index contributed by atoms with van der Waals surface area (Å²) in [5.74, 6) is 0.908. The molecule has 0 amide bonds. The predicted octanol–water partition coefficient (Wildman–Crippen LogP) is 1.27. The lowest BCUT2D eigenvalue weighted by Gasteiger charge is -2.33. The largest absolute Gasteiger partial charge is 0.383 e. The van der Waals surface area contributed by atoms with Gasteiger partial charge in [-0.3, -0.25) is 4.99 Å². The molecule has 0 spiro atoms. The third-order valence-corrected chi connectivity index (χ3v) is 3.84. The zero-order valence-corrected chi connectivity index (χ0v) is 17.8. The summed E-state index contributed by atoms with van der Waals surface area (Å²) in [7, 11) is 3.60. The number of piperidine rings is 1. The lowest BCUT2D eigenvalue weighted by atomic mass is 10.1. The molecule has 7 heteroatoms. The summed E-state index contributed by atoms with van der Waals surface area (Å²) in [6, 6.07) is 0.514. The van der Waals surface area contributed by atoms with Gasteiger partial charge < -0.3 is 25.6 Å². The van der Waals surface area contributed by atoms with Crippen LogP contribution in [0.1, 0.15) is 33.6 Å². The minimum absolute atomic E-state index is 0. The van der Waals surface area contributed by atoms with Crippen molar-refractivity contribution in [2.45, 2.75) is 45.2 Å². The van der Waals surface area contributed by atoms with E-state index in [-0.39, 0.29) is 29.5 Å². The van der Waals surface area contributed by atoms with Gasteiger partial charge in [-0.25, -0.2) is 0 Å². The van der Waals surface area contributed by atoms with Crippen LogP contribution in [0.15, 0.2) is 4.99 Å². The fourth-order valence-corrected chi connectivity index (χ4v) is 2.53. The Bertz CT molecular complexity index is 325. The van der Waals surface area contributed by atoms with Crippen molar-refractivity contribution in [2.75, 3.05) is 53.5 Å². The maximum atomic E-state index is 5.14. The van der Waals surface area contributed by atoms with E-state index >= 15 is 0 Å². The van der Waals surface area contributed by atoms with Gasteiger partial charge in [0.15, 0.2) is 5.96 Å². The van der Waals surface area contributed by atoms with Gasteiger partial charge in [0.1, 0.15) is 0 Å². The van der Waals surface area contributed by atoms with E-state index in [2.05, 4.69) is 46.6 Å². The van der Waals surface area contributed by atoms with Gasteiger partial charge >= 0.3 is 0 Å². The SMILES string of the molecule is CN=C(NCCNC(C)(C)C)NC1CCN(CCOC)CC1.I. The second-order valence-electron chi connectivity index (χ2n) is 6.93. The fourth-order valence-electron chi connectivity index (χ4n) is 2.53. The highest BCUT2D eigenvalue weighted by molar-refractivity contribution is 14.0. The Morgan fingerprint density at radius 1 is 1.22 bits per heavy atom. The lowest BCUT2D eigenvalue weighted by Crippen LogP contribution is -2.50. The van der Waals surface area contributed by atoms with E-state index < -0.39 is 0 Å². The number of hydrogen-bond acceptors (Lipinski definition) is 4. The molecule has 0 bridgehead atoms. The normalized spacial score (nSPS) is 17.7. The Kier molecular flexibility index (Phi) is 12.2. The summed E-state index contributed by atoms with van der Waals surface area (Å²) in [5.41, 5.74) is 0.160. The molecular weight excluding hydrogens is 405 g/mol. The Hall–Kier alpha value is -0.120. The average molecular weight is 441 g/mol. The predicted molar refractivity (Wildman–Crippen MR) is 109 cm³/mol. The molecule has 1 aliphatic heterocycles. The topological polar surface area (TPSA) is 60.9 Å². The van der Waals surface area contributed by atoms with Crippen LogP contribution >= 0.6 is 24.0 Å². The van der Waals surface area contributed by atoms with Crippen LogP contribution in [0.25, 0.3) is 0 Å². The summed E-state index contributed by atoms with van der Waals surface area (Å²) in [6.07, 6.45) is 2.31. The van der Waals surface area contributed by atoms with Crippen molar-refractivity contribution in [1.82, 2.24) is 20.9 Å². The van der Waals surface area contributed by atoms with Crippen molar-refractivity contribution < 1.29 is 4.74 Å². The van der Waals surface area contributed by atoms with Gasteiger partial charge in [-0.05, 0) is 33.6 Å². The van der Waals surface area contributed by atoms with Crippen LogP contribution in [0.5, 0.6) is 0 Å². The van der Waals surface area contributed by atoms with E-state index in [1.54, 1.807) is 7.11 Å². The zero-order valence-electron chi connectivity index (χ0n) is 15.4. The Balaban J connectivity index is 0.00000484. The third kappa shape index (κ3) is 11.1. The number of hydrogen-bond donors (Lipinski definition) is 3. The highest BCUT2D eigenvalue weighted by Crippen LogP contribution is 2.09. The van der Waals surface area contributed by atoms with E-state index in [9.17, 15) is 0 Å². The second-order valence-corrected chi connectivity index (χ2v) is 6.93. The quantitative estimate of drug-likeness (QED) is 0.241. The molecule has 3 N–H and O–H groups in total. The van der Waals surface area contributed by atoms with E-state index in [4.69, 9.17) is 4.74 Å². The molecular formula is C16H36IN5O. The molecule has 138 valence electrons.